The van der Waals surface area contributed by atoms with Gasteiger partial charge in [-0.3, -0.25) is 0 Å². The first-order valence-electron chi connectivity index (χ1n) is 6.70. The van der Waals surface area contributed by atoms with E-state index in [9.17, 15) is 4.79 Å². The van der Waals surface area contributed by atoms with Crippen LogP contribution in [0.3, 0.4) is 0 Å². The zero-order chi connectivity index (χ0) is 15.4. The number of carbonyl (C=O) groups excluding carboxylic acids is 1. The van der Waals surface area contributed by atoms with Gasteiger partial charge < -0.3 is 19.2 Å². The van der Waals surface area contributed by atoms with Crippen LogP contribution in [-0.2, 0) is 4.74 Å². The van der Waals surface area contributed by atoms with Crippen molar-refractivity contribution in [3.05, 3.63) is 36.5 Å². The normalized spacial score (nSPS) is 10.7. The van der Waals surface area contributed by atoms with E-state index in [1.807, 2.05) is 19.9 Å². The minimum Gasteiger partial charge on any atom is -0.491 e. The summed E-state index contributed by atoms with van der Waals surface area (Å²) in [4.78, 5) is 14.6. The van der Waals surface area contributed by atoms with Gasteiger partial charge >= 0.3 is 5.97 Å². The first kappa shape index (κ1) is 15.0. The number of nitrogens with one attached hydrogen (secondary N) is 1. The maximum Gasteiger partial charge on any atom is 0.354 e. The van der Waals surface area contributed by atoms with Crippen molar-refractivity contribution < 1.29 is 19.0 Å². The lowest BCUT2D eigenvalue weighted by Gasteiger charge is -2.12. The lowest BCUT2D eigenvalue weighted by molar-refractivity contribution is 0.0595. The van der Waals surface area contributed by atoms with Gasteiger partial charge in [-0.25, -0.2) is 4.79 Å². The van der Waals surface area contributed by atoms with Gasteiger partial charge in [0.1, 0.15) is 23.8 Å². The smallest absolute Gasteiger partial charge is 0.354 e. The number of aromatic nitrogens is 1. The summed E-state index contributed by atoms with van der Waals surface area (Å²) in [6.07, 6.45) is 1.71. The molecule has 0 fully saturated rings. The third-order valence-electron chi connectivity index (χ3n) is 2.81. The average molecular weight is 289 g/mol. The number of fused-ring (bicyclic) bond motifs is 1. The summed E-state index contributed by atoms with van der Waals surface area (Å²) in [6.45, 7) is 7.90. The number of ether oxygens (including phenoxy) is 3. The molecule has 2 rings (SSSR count). The quantitative estimate of drug-likeness (QED) is 0.654. The number of hydrogen-bond acceptors (Lipinski definition) is 4. The van der Waals surface area contributed by atoms with Gasteiger partial charge in [0.15, 0.2) is 0 Å². The van der Waals surface area contributed by atoms with E-state index >= 15 is 0 Å². The van der Waals surface area contributed by atoms with Crippen LogP contribution < -0.4 is 9.47 Å². The van der Waals surface area contributed by atoms with Crippen molar-refractivity contribution in [2.24, 2.45) is 0 Å². The standard InChI is InChI=1S/C16H19NO4/c1-5-6-20-15-8-11(21-10(2)3)7-13-12(15)9-14(17-13)16(18)19-4/h5,7-10,17H,1,6H2,2-4H3. The summed E-state index contributed by atoms with van der Waals surface area (Å²) in [5.41, 5.74) is 1.13. The lowest BCUT2D eigenvalue weighted by Crippen LogP contribution is -2.05. The molecule has 2 aromatic rings. The molecular formula is C16H19NO4. The Morgan fingerprint density at radius 1 is 1.38 bits per heavy atom. The minimum absolute atomic E-state index is 0.0461. The van der Waals surface area contributed by atoms with Crippen LogP contribution in [-0.4, -0.2) is 30.8 Å². The lowest BCUT2D eigenvalue weighted by atomic mass is 10.2. The monoisotopic (exact) mass is 289 g/mol. The third kappa shape index (κ3) is 3.37. The third-order valence-corrected chi connectivity index (χ3v) is 2.81. The van der Waals surface area contributed by atoms with Crippen LogP contribution in [0.25, 0.3) is 10.9 Å². The molecule has 0 radical (unpaired) electrons. The highest BCUT2D eigenvalue weighted by Crippen LogP contribution is 2.32. The Bertz CT molecular complexity index is 658. The summed E-state index contributed by atoms with van der Waals surface area (Å²) in [5, 5.41) is 0.799. The van der Waals surface area contributed by atoms with E-state index < -0.39 is 5.97 Å². The molecule has 0 spiro atoms. The van der Waals surface area contributed by atoms with Crippen molar-refractivity contribution in [1.82, 2.24) is 4.98 Å². The maximum absolute atomic E-state index is 11.6. The molecule has 5 nitrogen and oxygen atoms in total. The summed E-state index contributed by atoms with van der Waals surface area (Å²) in [6, 6.07) is 5.35. The van der Waals surface area contributed by atoms with E-state index in [1.54, 1.807) is 18.2 Å². The van der Waals surface area contributed by atoms with E-state index in [4.69, 9.17) is 14.2 Å². The van der Waals surface area contributed by atoms with Crippen LogP contribution in [0.15, 0.2) is 30.9 Å². The number of esters is 1. The molecule has 1 aromatic carbocycles. The van der Waals surface area contributed by atoms with E-state index in [2.05, 4.69) is 11.6 Å². The fourth-order valence-electron chi connectivity index (χ4n) is 2.01. The van der Waals surface area contributed by atoms with Crippen LogP contribution in [0.2, 0.25) is 0 Å². The van der Waals surface area contributed by atoms with Gasteiger partial charge in [0.05, 0.1) is 18.7 Å². The number of aromatic amines is 1. The molecule has 1 aromatic heterocycles. The van der Waals surface area contributed by atoms with Crippen LogP contribution in [0.5, 0.6) is 11.5 Å². The second kappa shape index (κ2) is 6.35. The molecule has 21 heavy (non-hydrogen) atoms. The Morgan fingerprint density at radius 2 is 2.14 bits per heavy atom. The molecule has 1 N–H and O–H groups in total. The number of rotatable bonds is 6. The molecule has 0 saturated heterocycles. The Balaban J connectivity index is 2.50. The highest BCUT2D eigenvalue weighted by molar-refractivity contribution is 5.97. The largest absolute Gasteiger partial charge is 0.491 e. The van der Waals surface area contributed by atoms with Crippen molar-refractivity contribution in [2.75, 3.05) is 13.7 Å². The second-order valence-electron chi connectivity index (χ2n) is 4.82. The molecule has 0 aliphatic heterocycles. The number of hydrogen-bond donors (Lipinski definition) is 1. The molecule has 1 heterocycles. The van der Waals surface area contributed by atoms with Gasteiger partial charge in [-0.1, -0.05) is 12.7 Å². The zero-order valence-corrected chi connectivity index (χ0v) is 12.4. The molecule has 0 aliphatic carbocycles. The summed E-state index contributed by atoms with van der Waals surface area (Å²) < 4.78 is 16.1. The SMILES string of the molecule is C=CCOc1cc(OC(C)C)cc2[nH]c(C(=O)OC)cc12. The van der Waals surface area contributed by atoms with Gasteiger partial charge in [0.2, 0.25) is 0 Å². The molecule has 0 amide bonds. The van der Waals surface area contributed by atoms with E-state index in [0.717, 1.165) is 10.9 Å². The maximum atomic E-state index is 11.6. The number of H-pyrrole nitrogens is 1. The molecular weight excluding hydrogens is 270 g/mol. The first-order valence-corrected chi connectivity index (χ1v) is 6.70. The molecule has 0 atom stereocenters. The van der Waals surface area contributed by atoms with Crippen molar-refractivity contribution in [2.45, 2.75) is 20.0 Å². The van der Waals surface area contributed by atoms with Crippen molar-refractivity contribution in [3.63, 3.8) is 0 Å². The predicted molar refractivity (Wildman–Crippen MR) is 81.1 cm³/mol. The van der Waals surface area contributed by atoms with E-state index in [1.165, 1.54) is 7.11 Å². The molecule has 5 heteroatoms. The van der Waals surface area contributed by atoms with Gasteiger partial charge in [0, 0.05) is 17.5 Å². The average Bonchev–Trinajstić information content (AvgIpc) is 2.87. The first-order chi connectivity index (χ1) is 10.0. The predicted octanol–water partition coefficient (Wildman–Crippen LogP) is 3.31. The van der Waals surface area contributed by atoms with Gasteiger partial charge in [-0.2, -0.15) is 0 Å². The summed E-state index contributed by atoms with van der Waals surface area (Å²) >= 11 is 0. The summed E-state index contributed by atoms with van der Waals surface area (Å²) in [7, 11) is 1.34. The topological polar surface area (TPSA) is 60.5 Å². The summed E-state index contributed by atoms with van der Waals surface area (Å²) in [5.74, 6) is 0.886. The van der Waals surface area contributed by atoms with Crippen LogP contribution >= 0.6 is 0 Å². The Kier molecular flexibility index (Phi) is 4.52. The van der Waals surface area contributed by atoms with Crippen molar-refractivity contribution >= 4 is 16.9 Å². The molecule has 112 valence electrons. The van der Waals surface area contributed by atoms with Gasteiger partial charge in [0.25, 0.3) is 0 Å². The van der Waals surface area contributed by atoms with Gasteiger partial charge in [-0.05, 0) is 19.9 Å². The zero-order valence-electron chi connectivity index (χ0n) is 12.4. The van der Waals surface area contributed by atoms with E-state index in [0.29, 0.717) is 23.8 Å². The molecule has 0 bridgehead atoms. The van der Waals surface area contributed by atoms with Crippen LogP contribution in [0.4, 0.5) is 0 Å². The Morgan fingerprint density at radius 3 is 2.76 bits per heavy atom. The fraction of sp³-hybridized carbons (Fsp3) is 0.312. The molecule has 0 unspecified atom stereocenters. The number of carbonyl (C=O) groups is 1. The van der Waals surface area contributed by atoms with Crippen LogP contribution in [0.1, 0.15) is 24.3 Å². The van der Waals surface area contributed by atoms with Gasteiger partial charge in [-0.15, -0.1) is 0 Å². The Labute approximate surface area is 123 Å². The van der Waals surface area contributed by atoms with Crippen molar-refractivity contribution in [1.29, 1.82) is 0 Å². The number of benzene rings is 1. The highest BCUT2D eigenvalue weighted by Gasteiger charge is 2.14. The second-order valence-corrected chi connectivity index (χ2v) is 4.82. The minimum atomic E-state index is -0.424. The molecule has 0 aliphatic rings. The number of methoxy groups -OCH3 is 1. The van der Waals surface area contributed by atoms with E-state index in [-0.39, 0.29) is 6.10 Å². The molecule has 0 saturated carbocycles. The van der Waals surface area contributed by atoms with Crippen molar-refractivity contribution in [3.8, 4) is 11.5 Å². The Hall–Kier alpha value is -2.43. The fourth-order valence-corrected chi connectivity index (χ4v) is 2.01. The highest BCUT2D eigenvalue weighted by atomic mass is 16.5. The van der Waals surface area contributed by atoms with Crippen LogP contribution in [0, 0.1) is 0 Å².